The molecule has 0 fully saturated rings. The minimum atomic E-state index is -3.30. The maximum absolute atomic E-state index is 11.2. The molecule has 1 heterocycles. The maximum Gasteiger partial charge on any atom is 0.268 e. The van der Waals surface area contributed by atoms with E-state index in [1.165, 1.54) is 0 Å². The summed E-state index contributed by atoms with van der Waals surface area (Å²) in [5.74, 6) is 0.704. The van der Waals surface area contributed by atoms with Crippen LogP contribution in [0.25, 0.3) is 0 Å². The van der Waals surface area contributed by atoms with Crippen molar-refractivity contribution in [2.45, 2.75) is 19.8 Å². The summed E-state index contributed by atoms with van der Waals surface area (Å²) in [4.78, 5) is 0. The fourth-order valence-electron chi connectivity index (χ4n) is 1.44. The van der Waals surface area contributed by atoms with Gasteiger partial charge in [-0.3, -0.25) is 4.72 Å². The first-order valence-corrected chi connectivity index (χ1v) is 6.40. The van der Waals surface area contributed by atoms with Gasteiger partial charge in [0.05, 0.1) is 5.69 Å². The first-order valence-electron chi connectivity index (χ1n) is 4.75. The first kappa shape index (κ1) is 10.3. The number of ether oxygens (including phenoxy) is 1. The van der Waals surface area contributed by atoms with Crippen molar-refractivity contribution < 1.29 is 13.2 Å². The second kappa shape index (κ2) is 3.41. The van der Waals surface area contributed by atoms with Crippen molar-refractivity contribution in [2.75, 3.05) is 10.7 Å². The van der Waals surface area contributed by atoms with Crippen LogP contribution >= 0.6 is 0 Å². The third kappa shape index (κ3) is 2.07. The Balaban J connectivity index is 2.41. The molecule has 0 saturated carbocycles. The van der Waals surface area contributed by atoms with Crippen LogP contribution in [0.1, 0.15) is 25.3 Å². The quantitative estimate of drug-likeness (QED) is 0.797. The molecule has 2 rings (SSSR count). The minimum absolute atomic E-state index is 0.304. The molecule has 1 aromatic rings. The molecule has 1 N–H and O–H groups in total. The van der Waals surface area contributed by atoms with E-state index >= 15 is 0 Å². The molecule has 0 radical (unpaired) electrons. The summed E-state index contributed by atoms with van der Waals surface area (Å²) in [6.45, 7) is 4.16. The SMILES string of the molecule is CC(C)c1ccc2c(c1)OCS(=O)(=O)N2. The van der Waals surface area contributed by atoms with Crippen molar-refractivity contribution in [3.63, 3.8) is 0 Å². The van der Waals surface area contributed by atoms with E-state index in [1.807, 2.05) is 12.1 Å². The highest BCUT2D eigenvalue weighted by molar-refractivity contribution is 7.92. The lowest BCUT2D eigenvalue weighted by atomic mass is 10.0. The Hall–Kier alpha value is -1.23. The Kier molecular flexibility index (Phi) is 2.34. The summed E-state index contributed by atoms with van der Waals surface area (Å²) in [6, 6.07) is 5.52. The van der Waals surface area contributed by atoms with Crippen LogP contribution in [0.4, 0.5) is 5.69 Å². The molecule has 15 heavy (non-hydrogen) atoms. The highest BCUT2D eigenvalue weighted by Crippen LogP contribution is 2.32. The van der Waals surface area contributed by atoms with Crippen molar-refractivity contribution in [3.05, 3.63) is 23.8 Å². The fraction of sp³-hybridized carbons (Fsp3) is 0.400. The second-order valence-electron chi connectivity index (χ2n) is 3.89. The molecule has 1 aliphatic rings. The number of fused-ring (bicyclic) bond motifs is 1. The van der Waals surface area contributed by atoms with Crippen LogP contribution in [0.2, 0.25) is 0 Å². The predicted molar refractivity (Wildman–Crippen MR) is 58.6 cm³/mol. The molecule has 1 aromatic carbocycles. The normalized spacial score (nSPS) is 17.8. The highest BCUT2D eigenvalue weighted by Gasteiger charge is 2.21. The average molecular weight is 227 g/mol. The Bertz CT molecular complexity index is 479. The minimum Gasteiger partial charge on any atom is -0.474 e. The van der Waals surface area contributed by atoms with E-state index in [9.17, 15) is 8.42 Å². The van der Waals surface area contributed by atoms with Gasteiger partial charge in [0.15, 0.2) is 0 Å². The van der Waals surface area contributed by atoms with E-state index in [0.717, 1.165) is 5.56 Å². The van der Waals surface area contributed by atoms with Crippen molar-refractivity contribution in [1.29, 1.82) is 0 Å². The van der Waals surface area contributed by atoms with E-state index in [1.54, 1.807) is 6.07 Å². The van der Waals surface area contributed by atoms with Crippen LogP contribution in [0.15, 0.2) is 18.2 Å². The molecule has 0 unspecified atom stereocenters. The molecule has 82 valence electrons. The number of anilines is 1. The van der Waals surface area contributed by atoms with Crippen LogP contribution in [-0.4, -0.2) is 14.4 Å². The number of benzene rings is 1. The van der Waals surface area contributed by atoms with E-state index in [2.05, 4.69) is 18.6 Å². The molecule has 0 aliphatic carbocycles. The van der Waals surface area contributed by atoms with E-state index in [-0.39, 0.29) is 5.94 Å². The molecule has 0 saturated heterocycles. The van der Waals surface area contributed by atoms with Crippen molar-refractivity contribution in [3.8, 4) is 5.75 Å². The molecule has 0 spiro atoms. The number of sulfonamides is 1. The van der Waals surface area contributed by atoms with E-state index in [4.69, 9.17) is 4.74 Å². The van der Waals surface area contributed by atoms with E-state index in [0.29, 0.717) is 17.4 Å². The van der Waals surface area contributed by atoms with Gasteiger partial charge in [-0.05, 0) is 23.6 Å². The standard InChI is InChI=1S/C10H13NO3S/c1-7(2)8-3-4-9-10(5-8)14-6-15(12,13)11-9/h3-5,7,11H,6H2,1-2H3. The van der Waals surface area contributed by atoms with Crippen LogP contribution < -0.4 is 9.46 Å². The summed E-state index contributed by atoms with van der Waals surface area (Å²) < 4.78 is 30.0. The first-order chi connectivity index (χ1) is 6.98. The van der Waals surface area contributed by atoms with Crippen molar-refractivity contribution >= 4 is 15.7 Å². The van der Waals surface area contributed by atoms with E-state index < -0.39 is 10.0 Å². The lowest BCUT2D eigenvalue weighted by Gasteiger charge is -2.20. The zero-order chi connectivity index (χ0) is 11.1. The molecular weight excluding hydrogens is 214 g/mol. The predicted octanol–water partition coefficient (Wildman–Crippen LogP) is 1.90. The Morgan fingerprint density at radius 3 is 2.80 bits per heavy atom. The van der Waals surface area contributed by atoms with Gasteiger partial charge in [-0.1, -0.05) is 19.9 Å². The smallest absolute Gasteiger partial charge is 0.268 e. The van der Waals surface area contributed by atoms with Gasteiger partial charge in [0.1, 0.15) is 5.75 Å². The Morgan fingerprint density at radius 2 is 2.13 bits per heavy atom. The van der Waals surface area contributed by atoms with Gasteiger partial charge in [0, 0.05) is 0 Å². The van der Waals surface area contributed by atoms with Crippen LogP contribution in [0.5, 0.6) is 5.75 Å². The topological polar surface area (TPSA) is 55.4 Å². The molecule has 0 bridgehead atoms. The van der Waals surface area contributed by atoms with Gasteiger partial charge >= 0.3 is 0 Å². The third-order valence-corrected chi connectivity index (χ3v) is 3.27. The highest BCUT2D eigenvalue weighted by atomic mass is 32.2. The second-order valence-corrected chi connectivity index (χ2v) is 5.56. The summed E-state index contributed by atoms with van der Waals surface area (Å²) in [5, 5.41) is 0. The van der Waals surface area contributed by atoms with Gasteiger partial charge in [-0.2, -0.15) is 0 Å². The summed E-state index contributed by atoms with van der Waals surface area (Å²) in [5.41, 5.74) is 1.65. The Morgan fingerprint density at radius 1 is 1.40 bits per heavy atom. The van der Waals surface area contributed by atoms with Gasteiger partial charge in [-0.15, -0.1) is 0 Å². The largest absolute Gasteiger partial charge is 0.474 e. The summed E-state index contributed by atoms with van der Waals surface area (Å²) in [6.07, 6.45) is 0. The average Bonchev–Trinajstić information content (AvgIpc) is 2.15. The molecule has 0 aromatic heterocycles. The Labute approximate surface area is 89.3 Å². The molecule has 4 nitrogen and oxygen atoms in total. The van der Waals surface area contributed by atoms with Crippen LogP contribution in [-0.2, 0) is 10.0 Å². The zero-order valence-electron chi connectivity index (χ0n) is 8.65. The molecule has 1 aliphatic heterocycles. The van der Waals surface area contributed by atoms with Gasteiger partial charge in [0.2, 0.25) is 5.94 Å². The molecular formula is C10H13NO3S. The lowest BCUT2D eigenvalue weighted by Crippen LogP contribution is -2.25. The van der Waals surface area contributed by atoms with Crippen molar-refractivity contribution in [1.82, 2.24) is 0 Å². The van der Waals surface area contributed by atoms with Crippen molar-refractivity contribution in [2.24, 2.45) is 0 Å². The monoisotopic (exact) mass is 227 g/mol. The number of nitrogens with one attached hydrogen (secondary N) is 1. The van der Waals surface area contributed by atoms with Gasteiger partial charge < -0.3 is 4.74 Å². The number of hydrogen-bond acceptors (Lipinski definition) is 3. The number of rotatable bonds is 1. The number of hydrogen-bond donors (Lipinski definition) is 1. The zero-order valence-corrected chi connectivity index (χ0v) is 9.47. The molecule has 0 atom stereocenters. The fourth-order valence-corrected chi connectivity index (χ4v) is 2.28. The third-order valence-electron chi connectivity index (χ3n) is 2.31. The molecule has 5 heteroatoms. The maximum atomic E-state index is 11.2. The summed E-state index contributed by atoms with van der Waals surface area (Å²) >= 11 is 0. The van der Waals surface area contributed by atoms with Crippen LogP contribution in [0.3, 0.4) is 0 Å². The summed E-state index contributed by atoms with van der Waals surface area (Å²) in [7, 11) is -3.30. The van der Waals surface area contributed by atoms with Gasteiger partial charge in [0.25, 0.3) is 10.0 Å². The molecule has 0 amide bonds. The van der Waals surface area contributed by atoms with Crippen LogP contribution in [0, 0.1) is 0 Å². The lowest BCUT2D eigenvalue weighted by molar-refractivity contribution is 0.373. The van der Waals surface area contributed by atoms with Gasteiger partial charge in [-0.25, -0.2) is 8.42 Å².